The number of amides is 2. The van der Waals surface area contributed by atoms with E-state index >= 15 is 0 Å². The summed E-state index contributed by atoms with van der Waals surface area (Å²) in [5.74, 6) is -0.712. The van der Waals surface area contributed by atoms with E-state index in [1.54, 1.807) is 12.3 Å². The fraction of sp³-hybridized carbons (Fsp3) is 0.190. The minimum atomic E-state index is -0.665. The number of H-pyrrole nitrogens is 1. The number of anilines is 1. The van der Waals surface area contributed by atoms with Gasteiger partial charge in [-0.05, 0) is 31.0 Å². The van der Waals surface area contributed by atoms with Gasteiger partial charge in [-0.25, -0.2) is 4.98 Å². The van der Waals surface area contributed by atoms with Gasteiger partial charge in [-0.15, -0.1) is 0 Å². The number of hydrogen-bond acceptors (Lipinski definition) is 4. The van der Waals surface area contributed by atoms with E-state index in [4.69, 9.17) is 0 Å². The van der Waals surface area contributed by atoms with Crippen molar-refractivity contribution in [2.75, 3.05) is 17.6 Å². The minimum absolute atomic E-state index is 0.366. The van der Waals surface area contributed by atoms with Crippen molar-refractivity contribution in [3.63, 3.8) is 0 Å². The smallest absolute Gasteiger partial charge is 0.313 e. The molecule has 0 atom stereocenters. The maximum absolute atomic E-state index is 12.0. The lowest BCUT2D eigenvalue weighted by atomic mass is 10.1. The zero-order chi connectivity index (χ0) is 19.9. The topological polar surface area (TPSA) is 86.9 Å². The van der Waals surface area contributed by atoms with Gasteiger partial charge in [0.05, 0.1) is 11.9 Å². The fourth-order valence-corrected chi connectivity index (χ4v) is 3.37. The van der Waals surface area contributed by atoms with Gasteiger partial charge in [0.15, 0.2) is 5.16 Å². The van der Waals surface area contributed by atoms with Crippen molar-refractivity contribution in [3.05, 3.63) is 65.9 Å². The summed E-state index contributed by atoms with van der Waals surface area (Å²) >= 11 is 1.48. The first-order valence-corrected chi connectivity index (χ1v) is 9.91. The first-order chi connectivity index (χ1) is 13.5. The fourth-order valence-electron chi connectivity index (χ4n) is 2.67. The van der Waals surface area contributed by atoms with Gasteiger partial charge in [0.25, 0.3) is 0 Å². The molecule has 0 unspecified atom stereocenters. The van der Waals surface area contributed by atoms with Crippen LogP contribution in [0.3, 0.4) is 0 Å². The molecule has 1 heterocycles. The number of carbonyl (C=O) groups is 2. The molecule has 3 aromatic rings. The lowest BCUT2D eigenvalue weighted by Gasteiger charge is -2.09. The van der Waals surface area contributed by atoms with Crippen LogP contribution >= 0.6 is 11.8 Å². The van der Waals surface area contributed by atoms with Crippen LogP contribution in [0.15, 0.2) is 59.9 Å². The van der Waals surface area contributed by atoms with Crippen LogP contribution in [0.5, 0.6) is 0 Å². The number of aromatic nitrogens is 2. The Kier molecular flexibility index (Phi) is 6.49. The van der Waals surface area contributed by atoms with E-state index in [0.717, 1.165) is 27.5 Å². The van der Waals surface area contributed by atoms with E-state index in [1.165, 1.54) is 11.8 Å². The molecule has 3 N–H and O–H groups in total. The number of nitrogens with zero attached hydrogens (tertiary/aromatic N) is 1. The number of nitrogens with one attached hydrogen (secondary N) is 3. The van der Waals surface area contributed by atoms with E-state index < -0.39 is 11.8 Å². The Morgan fingerprint density at radius 1 is 1.07 bits per heavy atom. The second-order valence-corrected chi connectivity index (χ2v) is 7.43. The van der Waals surface area contributed by atoms with E-state index in [1.807, 2.05) is 56.3 Å². The van der Waals surface area contributed by atoms with Gasteiger partial charge >= 0.3 is 11.8 Å². The molecule has 2 aromatic carbocycles. The molecule has 0 aliphatic carbocycles. The highest BCUT2D eigenvalue weighted by Crippen LogP contribution is 2.20. The molecule has 0 fully saturated rings. The summed E-state index contributed by atoms with van der Waals surface area (Å²) in [4.78, 5) is 31.6. The molecule has 0 radical (unpaired) electrons. The van der Waals surface area contributed by atoms with Crippen LogP contribution in [0.25, 0.3) is 11.3 Å². The quantitative estimate of drug-likeness (QED) is 0.339. The number of hydrogen-bond donors (Lipinski definition) is 3. The third-order valence-corrected chi connectivity index (χ3v) is 4.99. The summed E-state index contributed by atoms with van der Waals surface area (Å²) in [6, 6.07) is 15.6. The summed E-state index contributed by atoms with van der Waals surface area (Å²) < 4.78 is 0. The van der Waals surface area contributed by atoms with Gasteiger partial charge in [-0.3, -0.25) is 9.59 Å². The lowest BCUT2D eigenvalue weighted by Crippen LogP contribution is -2.36. The first kappa shape index (κ1) is 19.7. The maximum Gasteiger partial charge on any atom is 0.313 e. The average Bonchev–Trinajstić information content (AvgIpc) is 3.17. The lowest BCUT2D eigenvalue weighted by molar-refractivity contribution is -0.136. The van der Waals surface area contributed by atoms with Gasteiger partial charge in [0.1, 0.15) is 0 Å². The Labute approximate surface area is 168 Å². The van der Waals surface area contributed by atoms with E-state index in [9.17, 15) is 9.59 Å². The Morgan fingerprint density at radius 2 is 1.86 bits per heavy atom. The monoisotopic (exact) mass is 394 g/mol. The summed E-state index contributed by atoms with van der Waals surface area (Å²) in [6.07, 6.45) is 1.79. The second-order valence-electron chi connectivity index (χ2n) is 6.34. The number of thioether (sulfide) groups is 1. The highest BCUT2D eigenvalue weighted by molar-refractivity contribution is 7.99. The predicted octanol–water partition coefficient (Wildman–Crippen LogP) is 3.54. The van der Waals surface area contributed by atoms with Crippen LogP contribution in [0.1, 0.15) is 11.1 Å². The SMILES string of the molecule is Cc1ccc(NC(=O)C(=O)NCCSc2ncc(-c3ccccc3)[nH]2)c(C)c1. The highest BCUT2D eigenvalue weighted by atomic mass is 32.2. The summed E-state index contributed by atoms with van der Waals surface area (Å²) in [6.45, 7) is 4.24. The zero-order valence-electron chi connectivity index (χ0n) is 15.8. The molecule has 0 bridgehead atoms. The summed E-state index contributed by atoms with van der Waals surface area (Å²) in [5, 5.41) is 6.04. The van der Waals surface area contributed by atoms with Crippen molar-refractivity contribution in [3.8, 4) is 11.3 Å². The van der Waals surface area contributed by atoms with Crippen molar-refractivity contribution in [2.45, 2.75) is 19.0 Å². The molecule has 144 valence electrons. The maximum atomic E-state index is 12.0. The standard InChI is InChI=1S/C21H22N4O2S/c1-14-8-9-17(15(2)12-14)24-20(27)19(26)22-10-11-28-21-23-13-18(25-21)16-6-4-3-5-7-16/h3-9,12-13H,10-11H2,1-2H3,(H,22,26)(H,23,25)(H,24,27). The van der Waals surface area contributed by atoms with E-state index in [2.05, 4.69) is 20.6 Å². The van der Waals surface area contributed by atoms with Crippen LogP contribution in [-0.4, -0.2) is 34.1 Å². The van der Waals surface area contributed by atoms with Crippen LogP contribution in [-0.2, 0) is 9.59 Å². The molecule has 2 amide bonds. The number of imidazole rings is 1. The van der Waals surface area contributed by atoms with Crippen LogP contribution in [0.2, 0.25) is 0 Å². The Bertz CT molecular complexity index is 970. The molecular formula is C21H22N4O2S. The molecule has 28 heavy (non-hydrogen) atoms. The third kappa shape index (κ3) is 5.23. The minimum Gasteiger partial charge on any atom is -0.347 e. The summed E-state index contributed by atoms with van der Waals surface area (Å²) in [5.41, 5.74) is 4.68. The van der Waals surface area contributed by atoms with E-state index in [0.29, 0.717) is 18.0 Å². The number of aryl methyl sites for hydroxylation is 2. The van der Waals surface area contributed by atoms with Gasteiger partial charge in [0, 0.05) is 18.0 Å². The van der Waals surface area contributed by atoms with Crippen LogP contribution in [0.4, 0.5) is 5.69 Å². The van der Waals surface area contributed by atoms with Crippen LogP contribution < -0.4 is 10.6 Å². The highest BCUT2D eigenvalue weighted by Gasteiger charge is 2.14. The first-order valence-electron chi connectivity index (χ1n) is 8.92. The second kappa shape index (κ2) is 9.23. The van der Waals surface area contributed by atoms with Crippen molar-refractivity contribution in [2.24, 2.45) is 0 Å². The Balaban J connectivity index is 1.43. The number of rotatable bonds is 6. The Morgan fingerprint density at radius 3 is 2.61 bits per heavy atom. The van der Waals surface area contributed by atoms with Gasteiger partial charge in [0.2, 0.25) is 0 Å². The molecule has 0 spiro atoms. The largest absolute Gasteiger partial charge is 0.347 e. The average molecular weight is 395 g/mol. The molecule has 0 saturated heterocycles. The van der Waals surface area contributed by atoms with E-state index in [-0.39, 0.29) is 0 Å². The van der Waals surface area contributed by atoms with Crippen molar-refractivity contribution in [1.82, 2.24) is 15.3 Å². The molecule has 6 nitrogen and oxygen atoms in total. The molecule has 1 aromatic heterocycles. The zero-order valence-corrected chi connectivity index (χ0v) is 16.6. The summed E-state index contributed by atoms with van der Waals surface area (Å²) in [7, 11) is 0. The van der Waals surface area contributed by atoms with Crippen molar-refractivity contribution in [1.29, 1.82) is 0 Å². The predicted molar refractivity (Wildman–Crippen MR) is 112 cm³/mol. The van der Waals surface area contributed by atoms with Crippen molar-refractivity contribution < 1.29 is 9.59 Å². The molecule has 0 saturated carbocycles. The van der Waals surface area contributed by atoms with Crippen molar-refractivity contribution >= 4 is 29.3 Å². The van der Waals surface area contributed by atoms with Gasteiger partial charge in [-0.2, -0.15) is 0 Å². The molecule has 0 aliphatic heterocycles. The Hall–Kier alpha value is -3.06. The van der Waals surface area contributed by atoms with Gasteiger partial charge < -0.3 is 15.6 Å². The molecule has 7 heteroatoms. The third-order valence-electron chi connectivity index (χ3n) is 4.10. The molecular weight excluding hydrogens is 372 g/mol. The number of benzene rings is 2. The molecule has 0 aliphatic rings. The van der Waals surface area contributed by atoms with Crippen LogP contribution in [0, 0.1) is 13.8 Å². The number of carbonyl (C=O) groups excluding carboxylic acids is 2. The molecule has 3 rings (SSSR count). The van der Waals surface area contributed by atoms with Gasteiger partial charge in [-0.1, -0.05) is 59.8 Å². The number of aromatic amines is 1. The normalized spacial score (nSPS) is 10.5.